The first-order chi connectivity index (χ1) is 12.6. The molecule has 0 aromatic heterocycles. The van der Waals surface area contributed by atoms with E-state index in [2.05, 4.69) is 15.0 Å². The molecule has 1 aliphatic heterocycles. The predicted molar refractivity (Wildman–Crippen MR) is 94.9 cm³/mol. The van der Waals surface area contributed by atoms with Crippen molar-refractivity contribution in [1.82, 2.24) is 0 Å². The molecule has 0 unspecified atom stereocenters. The highest BCUT2D eigenvalue weighted by Gasteiger charge is 2.11. The number of ether oxygens (including phenoxy) is 2. The second kappa shape index (κ2) is 8.62. The molecule has 1 amide bonds. The first-order valence-electron chi connectivity index (χ1n) is 8.36. The van der Waals surface area contributed by atoms with Crippen LogP contribution in [-0.4, -0.2) is 38.8 Å². The maximum Gasteiger partial charge on any atom is 0.387 e. The Morgan fingerprint density at radius 2 is 1.73 bits per heavy atom. The maximum atomic E-state index is 12.1. The lowest BCUT2D eigenvalue weighted by Gasteiger charge is -2.28. The average Bonchev–Trinajstić information content (AvgIpc) is 2.64. The lowest BCUT2D eigenvalue weighted by Crippen LogP contribution is -2.36. The Bertz CT molecular complexity index is 715. The number of carbonyl (C=O) groups excluding carboxylic acids is 1. The fourth-order valence-electron chi connectivity index (χ4n) is 2.76. The van der Waals surface area contributed by atoms with Gasteiger partial charge in [0.05, 0.1) is 19.6 Å². The molecule has 0 aliphatic carbocycles. The highest BCUT2D eigenvalue weighted by molar-refractivity contribution is 5.92. The van der Waals surface area contributed by atoms with Crippen molar-refractivity contribution < 1.29 is 23.0 Å². The minimum Gasteiger partial charge on any atom is -0.435 e. The Morgan fingerprint density at radius 1 is 1.08 bits per heavy atom. The number of carbonyl (C=O) groups is 1. The molecule has 0 atom stereocenters. The molecule has 0 bridgehead atoms. The molecule has 5 nitrogen and oxygen atoms in total. The normalized spacial score (nSPS) is 14.3. The average molecular weight is 362 g/mol. The highest BCUT2D eigenvalue weighted by atomic mass is 19.3. The van der Waals surface area contributed by atoms with Crippen LogP contribution in [0, 0.1) is 0 Å². The summed E-state index contributed by atoms with van der Waals surface area (Å²) in [5.74, 6) is -0.102. The van der Waals surface area contributed by atoms with Crippen LogP contribution < -0.4 is 15.0 Å². The Labute approximate surface area is 150 Å². The summed E-state index contributed by atoms with van der Waals surface area (Å²) in [5.41, 5.74) is 2.53. The monoisotopic (exact) mass is 362 g/mol. The van der Waals surface area contributed by atoms with Crippen molar-refractivity contribution in [3.8, 4) is 5.75 Å². The lowest BCUT2D eigenvalue weighted by atomic mass is 10.1. The third kappa shape index (κ3) is 5.16. The van der Waals surface area contributed by atoms with E-state index in [1.807, 2.05) is 24.3 Å². The number of amides is 1. The van der Waals surface area contributed by atoms with Gasteiger partial charge in [-0.1, -0.05) is 12.1 Å². The third-order valence-electron chi connectivity index (χ3n) is 4.04. The maximum absolute atomic E-state index is 12.1. The minimum absolute atomic E-state index is 0.0721. The van der Waals surface area contributed by atoms with Gasteiger partial charge in [0.1, 0.15) is 5.75 Å². The number of morpholine rings is 1. The Hall–Kier alpha value is -2.67. The largest absolute Gasteiger partial charge is 0.435 e. The topological polar surface area (TPSA) is 50.8 Å². The summed E-state index contributed by atoms with van der Waals surface area (Å²) >= 11 is 0. The number of benzene rings is 2. The second-order valence-corrected chi connectivity index (χ2v) is 5.89. The van der Waals surface area contributed by atoms with Gasteiger partial charge in [0.25, 0.3) is 0 Å². The number of nitrogens with one attached hydrogen (secondary N) is 1. The summed E-state index contributed by atoms with van der Waals surface area (Å²) in [6.07, 6.45) is 0.153. The molecular formula is C19H20F2N2O3. The van der Waals surface area contributed by atoms with Crippen molar-refractivity contribution in [3.05, 3.63) is 54.1 Å². The van der Waals surface area contributed by atoms with Crippen LogP contribution in [-0.2, 0) is 16.0 Å². The zero-order valence-electron chi connectivity index (χ0n) is 14.2. The van der Waals surface area contributed by atoms with Gasteiger partial charge in [0, 0.05) is 24.5 Å². The molecule has 3 rings (SSSR count). The van der Waals surface area contributed by atoms with E-state index in [0.717, 1.165) is 32.0 Å². The van der Waals surface area contributed by atoms with Crippen molar-refractivity contribution in [1.29, 1.82) is 0 Å². The van der Waals surface area contributed by atoms with Gasteiger partial charge in [-0.2, -0.15) is 8.78 Å². The molecule has 1 N–H and O–H groups in total. The zero-order chi connectivity index (χ0) is 18.4. The summed E-state index contributed by atoms with van der Waals surface area (Å²) in [6.45, 7) is 0.303. The number of nitrogens with zero attached hydrogens (tertiary/aromatic N) is 1. The summed E-state index contributed by atoms with van der Waals surface area (Å²) in [6, 6.07) is 13.7. The van der Waals surface area contributed by atoms with Crippen LogP contribution in [0.5, 0.6) is 5.75 Å². The third-order valence-corrected chi connectivity index (χ3v) is 4.04. The first-order valence-corrected chi connectivity index (χ1v) is 8.36. The van der Waals surface area contributed by atoms with Crippen molar-refractivity contribution in [3.63, 3.8) is 0 Å². The Balaban J connectivity index is 1.52. The van der Waals surface area contributed by atoms with E-state index < -0.39 is 6.61 Å². The second-order valence-electron chi connectivity index (χ2n) is 5.89. The highest BCUT2D eigenvalue weighted by Crippen LogP contribution is 2.20. The van der Waals surface area contributed by atoms with E-state index >= 15 is 0 Å². The van der Waals surface area contributed by atoms with Crippen molar-refractivity contribution >= 4 is 17.3 Å². The van der Waals surface area contributed by atoms with Crippen molar-refractivity contribution in [2.75, 3.05) is 36.5 Å². The van der Waals surface area contributed by atoms with E-state index in [-0.39, 0.29) is 18.1 Å². The van der Waals surface area contributed by atoms with Crippen LogP contribution in [0.15, 0.2) is 48.5 Å². The van der Waals surface area contributed by atoms with Gasteiger partial charge >= 0.3 is 6.61 Å². The molecule has 1 aliphatic rings. The fraction of sp³-hybridized carbons (Fsp3) is 0.316. The van der Waals surface area contributed by atoms with Gasteiger partial charge in [-0.25, -0.2) is 0 Å². The molecule has 2 aromatic rings. The molecular weight excluding hydrogens is 342 g/mol. The molecule has 26 heavy (non-hydrogen) atoms. The summed E-state index contributed by atoms with van der Waals surface area (Å²) < 4.78 is 33.9. The molecule has 1 fully saturated rings. The number of alkyl halides is 2. The SMILES string of the molecule is O=C(Cc1ccc(OC(F)F)cc1)Nc1ccc(N2CCOCC2)cc1. The lowest BCUT2D eigenvalue weighted by molar-refractivity contribution is -0.115. The molecule has 1 heterocycles. The van der Waals surface area contributed by atoms with Crippen LogP contribution in [0.25, 0.3) is 0 Å². The number of rotatable bonds is 6. The molecule has 2 aromatic carbocycles. The Morgan fingerprint density at radius 3 is 2.35 bits per heavy atom. The summed E-state index contributed by atoms with van der Waals surface area (Å²) in [7, 11) is 0. The standard InChI is InChI=1S/C19H20F2N2O3/c20-19(21)26-17-7-1-14(2-8-17)13-18(24)22-15-3-5-16(6-4-15)23-9-11-25-12-10-23/h1-8,19H,9-13H2,(H,22,24). The van der Waals surface area contributed by atoms with E-state index in [1.165, 1.54) is 12.1 Å². The van der Waals surface area contributed by atoms with Crippen LogP contribution in [0.1, 0.15) is 5.56 Å². The number of hydrogen-bond donors (Lipinski definition) is 1. The summed E-state index contributed by atoms with van der Waals surface area (Å²) in [5, 5.41) is 2.83. The van der Waals surface area contributed by atoms with Crippen LogP contribution >= 0.6 is 0 Å². The van der Waals surface area contributed by atoms with E-state index in [4.69, 9.17) is 4.74 Å². The molecule has 1 saturated heterocycles. The smallest absolute Gasteiger partial charge is 0.387 e. The van der Waals surface area contributed by atoms with Crippen LogP contribution in [0.4, 0.5) is 20.2 Å². The molecule has 0 saturated carbocycles. The van der Waals surface area contributed by atoms with Gasteiger partial charge in [-0.15, -0.1) is 0 Å². The van der Waals surface area contributed by atoms with E-state index in [9.17, 15) is 13.6 Å². The van der Waals surface area contributed by atoms with Crippen LogP contribution in [0.2, 0.25) is 0 Å². The number of hydrogen-bond acceptors (Lipinski definition) is 4. The first kappa shape index (κ1) is 18.1. The molecule has 7 heteroatoms. The van der Waals surface area contributed by atoms with Gasteiger partial charge < -0.3 is 19.7 Å². The molecule has 138 valence electrons. The number of halogens is 2. The van der Waals surface area contributed by atoms with E-state index in [0.29, 0.717) is 11.3 Å². The van der Waals surface area contributed by atoms with Crippen molar-refractivity contribution in [2.24, 2.45) is 0 Å². The zero-order valence-corrected chi connectivity index (χ0v) is 14.2. The van der Waals surface area contributed by atoms with Gasteiger partial charge in [0.2, 0.25) is 5.91 Å². The number of anilines is 2. The molecule has 0 radical (unpaired) electrons. The predicted octanol–water partition coefficient (Wildman–Crippen LogP) is 3.31. The Kier molecular flexibility index (Phi) is 6.01. The van der Waals surface area contributed by atoms with Crippen molar-refractivity contribution in [2.45, 2.75) is 13.0 Å². The minimum atomic E-state index is -2.86. The van der Waals surface area contributed by atoms with Gasteiger partial charge in [-0.3, -0.25) is 4.79 Å². The van der Waals surface area contributed by atoms with E-state index in [1.54, 1.807) is 12.1 Å². The van der Waals surface area contributed by atoms with Gasteiger partial charge in [0.15, 0.2) is 0 Å². The molecule has 0 spiro atoms. The summed E-state index contributed by atoms with van der Waals surface area (Å²) in [4.78, 5) is 14.4. The van der Waals surface area contributed by atoms with Crippen LogP contribution in [0.3, 0.4) is 0 Å². The quantitative estimate of drug-likeness (QED) is 0.857. The van der Waals surface area contributed by atoms with Gasteiger partial charge in [-0.05, 0) is 42.0 Å². The fourth-order valence-corrected chi connectivity index (χ4v) is 2.76.